The van der Waals surface area contributed by atoms with Gasteiger partial charge < -0.3 is 4.74 Å². The van der Waals surface area contributed by atoms with E-state index >= 15 is 0 Å². The van der Waals surface area contributed by atoms with Gasteiger partial charge in [0.2, 0.25) is 0 Å². The number of hydrogen-bond donors (Lipinski definition) is 0. The van der Waals surface area contributed by atoms with Gasteiger partial charge in [-0.05, 0) is 62.2 Å². The fraction of sp³-hybridized carbons (Fsp3) is 0.800. The van der Waals surface area contributed by atoms with Crippen molar-refractivity contribution >= 4 is 11.9 Å². The molecule has 3 nitrogen and oxygen atoms in total. The van der Waals surface area contributed by atoms with Crippen molar-refractivity contribution in [3.05, 3.63) is 28.0 Å². The Morgan fingerprint density at radius 3 is 3.00 bits per heavy atom. The van der Waals surface area contributed by atoms with E-state index in [1.165, 1.54) is 38.5 Å². The molecule has 1 saturated heterocycles. The number of hydrogen-bond acceptors (Lipinski definition) is 4. The number of rotatable bonds is 9. The molecule has 0 saturated carbocycles. The highest BCUT2D eigenvalue weighted by Crippen LogP contribution is 2.35. The van der Waals surface area contributed by atoms with Crippen molar-refractivity contribution in [3.8, 4) is 0 Å². The first-order valence-electron chi connectivity index (χ1n) is 9.62. The van der Waals surface area contributed by atoms with Crippen LogP contribution in [0.4, 0.5) is 0 Å². The molecule has 5 unspecified atom stereocenters. The first-order valence-corrected chi connectivity index (χ1v) is 10.4. The van der Waals surface area contributed by atoms with Crippen LogP contribution in [0.5, 0.6) is 0 Å². The van der Waals surface area contributed by atoms with Crippen LogP contribution in [-0.2, 0) is 4.74 Å². The summed E-state index contributed by atoms with van der Waals surface area (Å²) in [7, 11) is 0. The molecule has 2 rings (SSSR count). The summed E-state index contributed by atoms with van der Waals surface area (Å²) in [6.07, 6.45) is 15.5. The van der Waals surface area contributed by atoms with Gasteiger partial charge in [-0.2, -0.15) is 0 Å². The van der Waals surface area contributed by atoms with E-state index in [0.29, 0.717) is 17.9 Å². The molecule has 0 N–H and O–H groups in total. The first kappa shape index (κ1) is 19.7. The second kappa shape index (κ2) is 10.4. The summed E-state index contributed by atoms with van der Waals surface area (Å²) in [5.74, 6) is 2.80. The highest BCUT2D eigenvalue weighted by Gasteiger charge is 2.24. The Morgan fingerprint density at radius 2 is 2.29 bits per heavy atom. The number of nitroso groups, excluding NO2 is 1. The average molecular weight is 352 g/mol. The van der Waals surface area contributed by atoms with Gasteiger partial charge in [-0.1, -0.05) is 45.4 Å². The molecular formula is C20H33NO2S. The lowest BCUT2D eigenvalue weighted by Crippen LogP contribution is -2.25. The largest absolute Gasteiger partial charge is 0.378 e. The zero-order chi connectivity index (χ0) is 17.4. The molecule has 1 aliphatic heterocycles. The van der Waals surface area contributed by atoms with E-state index in [9.17, 15) is 4.91 Å². The fourth-order valence-electron chi connectivity index (χ4n) is 4.13. The average Bonchev–Trinajstić information content (AvgIpc) is 2.58. The molecule has 0 amide bonds. The van der Waals surface area contributed by atoms with E-state index < -0.39 is 0 Å². The highest BCUT2D eigenvalue weighted by molar-refractivity contribution is 8.01. The van der Waals surface area contributed by atoms with Gasteiger partial charge in [-0.25, -0.2) is 0 Å². The summed E-state index contributed by atoms with van der Waals surface area (Å²) in [6.45, 7) is 7.97. The van der Waals surface area contributed by atoms with Gasteiger partial charge in [-0.15, -0.1) is 4.91 Å². The van der Waals surface area contributed by atoms with E-state index in [1.807, 2.05) is 6.08 Å². The smallest absolute Gasteiger partial charge is 0.0577 e. The third-order valence-electron chi connectivity index (χ3n) is 5.66. The lowest BCUT2D eigenvalue weighted by Gasteiger charge is -2.30. The van der Waals surface area contributed by atoms with Crippen molar-refractivity contribution < 1.29 is 4.74 Å². The summed E-state index contributed by atoms with van der Waals surface area (Å²) in [5.41, 5.74) is 0. The summed E-state index contributed by atoms with van der Waals surface area (Å²) >= 11 is 1.06. The molecule has 0 radical (unpaired) electrons. The zero-order valence-electron chi connectivity index (χ0n) is 15.4. The van der Waals surface area contributed by atoms with Gasteiger partial charge >= 0.3 is 0 Å². The zero-order valence-corrected chi connectivity index (χ0v) is 16.3. The second-order valence-electron chi connectivity index (χ2n) is 7.75. The molecular weight excluding hydrogens is 318 g/mol. The second-order valence-corrected chi connectivity index (χ2v) is 8.55. The van der Waals surface area contributed by atoms with Crippen molar-refractivity contribution in [2.45, 2.75) is 71.8 Å². The Kier molecular flexibility index (Phi) is 8.54. The van der Waals surface area contributed by atoms with Crippen LogP contribution in [0.1, 0.15) is 65.7 Å². The van der Waals surface area contributed by atoms with E-state index in [1.54, 1.807) is 0 Å². The van der Waals surface area contributed by atoms with Gasteiger partial charge in [0.15, 0.2) is 0 Å². The molecule has 5 atom stereocenters. The maximum Gasteiger partial charge on any atom is 0.0577 e. The Hall–Kier alpha value is -0.610. The Labute approximate surface area is 151 Å². The maximum absolute atomic E-state index is 10.5. The number of ether oxygens (including phenoxy) is 1. The fourth-order valence-corrected chi connectivity index (χ4v) is 4.61. The van der Waals surface area contributed by atoms with Crippen molar-refractivity contribution in [3.63, 3.8) is 0 Å². The van der Waals surface area contributed by atoms with Crippen LogP contribution in [0.25, 0.3) is 0 Å². The van der Waals surface area contributed by atoms with Crippen LogP contribution in [0.2, 0.25) is 0 Å². The lowest BCUT2D eigenvalue weighted by atomic mass is 9.78. The molecule has 1 aliphatic carbocycles. The van der Waals surface area contributed by atoms with Crippen LogP contribution in [0.15, 0.2) is 27.7 Å². The standard InChI is InChI=1S/C20H33NO2S/c1-4-17(18-6-5-7-20(14-18)24-21-22)12-15(2)8-9-19-13-16(3)10-11-23-19/h5,7,14-19H,4,6,8-13H2,1-3H3. The molecule has 0 aromatic rings. The Bertz CT molecular complexity index is 449. The monoisotopic (exact) mass is 351 g/mol. The molecule has 1 heterocycles. The first-order chi connectivity index (χ1) is 11.6. The number of allylic oxidation sites excluding steroid dienone is 3. The molecule has 4 heteroatoms. The van der Waals surface area contributed by atoms with Crippen molar-refractivity contribution in [2.24, 2.45) is 28.3 Å². The normalized spacial score (nSPS) is 29.8. The lowest BCUT2D eigenvalue weighted by molar-refractivity contribution is -0.0126. The van der Waals surface area contributed by atoms with Gasteiger partial charge in [-0.3, -0.25) is 0 Å². The summed E-state index contributed by atoms with van der Waals surface area (Å²) in [4.78, 5) is 11.5. The maximum atomic E-state index is 10.5. The molecule has 136 valence electrons. The molecule has 1 fully saturated rings. The predicted molar refractivity (Wildman–Crippen MR) is 104 cm³/mol. The van der Waals surface area contributed by atoms with Crippen LogP contribution < -0.4 is 0 Å². The van der Waals surface area contributed by atoms with Crippen molar-refractivity contribution in [1.29, 1.82) is 0 Å². The summed E-state index contributed by atoms with van der Waals surface area (Å²) in [6, 6.07) is 0. The molecule has 0 aromatic carbocycles. The van der Waals surface area contributed by atoms with E-state index in [2.05, 4.69) is 37.5 Å². The third-order valence-corrected chi connectivity index (χ3v) is 6.21. The van der Waals surface area contributed by atoms with E-state index in [4.69, 9.17) is 4.74 Å². The van der Waals surface area contributed by atoms with Crippen LogP contribution >= 0.6 is 11.9 Å². The molecule has 24 heavy (non-hydrogen) atoms. The molecule has 0 aromatic heterocycles. The quantitative estimate of drug-likeness (QED) is 0.351. The molecule has 0 spiro atoms. The van der Waals surface area contributed by atoms with Crippen LogP contribution in [0, 0.1) is 28.6 Å². The molecule has 0 bridgehead atoms. The Morgan fingerprint density at radius 1 is 1.46 bits per heavy atom. The van der Waals surface area contributed by atoms with E-state index in [0.717, 1.165) is 41.7 Å². The van der Waals surface area contributed by atoms with Gasteiger partial charge in [0, 0.05) is 16.1 Å². The Balaban J connectivity index is 1.79. The SMILES string of the molecule is CCC(CC(C)CCC1CC(C)CCO1)C1C=C(SN=O)C=CC1. The van der Waals surface area contributed by atoms with Gasteiger partial charge in [0.1, 0.15) is 0 Å². The number of nitrogens with zero attached hydrogens (tertiary/aromatic N) is 1. The minimum absolute atomic E-state index is 0.482. The minimum Gasteiger partial charge on any atom is -0.378 e. The predicted octanol–water partition coefficient (Wildman–Crippen LogP) is 6.51. The van der Waals surface area contributed by atoms with Crippen LogP contribution in [0.3, 0.4) is 0 Å². The highest BCUT2D eigenvalue weighted by atomic mass is 32.2. The van der Waals surface area contributed by atoms with Crippen LogP contribution in [-0.4, -0.2) is 12.7 Å². The van der Waals surface area contributed by atoms with Gasteiger partial charge in [0.25, 0.3) is 0 Å². The molecule has 2 aliphatic rings. The third kappa shape index (κ3) is 6.36. The summed E-state index contributed by atoms with van der Waals surface area (Å²) in [5, 5.41) is 0. The minimum atomic E-state index is 0.482. The van der Waals surface area contributed by atoms with E-state index in [-0.39, 0.29) is 0 Å². The summed E-state index contributed by atoms with van der Waals surface area (Å²) < 4.78 is 8.89. The van der Waals surface area contributed by atoms with Gasteiger partial charge in [0.05, 0.1) is 18.1 Å². The van der Waals surface area contributed by atoms with Crippen molar-refractivity contribution in [2.75, 3.05) is 6.61 Å². The topological polar surface area (TPSA) is 38.7 Å². The van der Waals surface area contributed by atoms with Crippen molar-refractivity contribution in [1.82, 2.24) is 0 Å².